The molecule has 1 amide bonds. The number of nitrogens with one attached hydrogen (secondary N) is 1. The Morgan fingerprint density at radius 3 is 2.96 bits per heavy atom. The number of aromatic nitrogens is 2. The van der Waals surface area contributed by atoms with Crippen molar-refractivity contribution < 1.29 is 14.3 Å². The van der Waals surface area contributed by atoms with Crippen LogP contribution < -0.4 is 0 Å². The molecule has 1 aliphatic heterocycles. The van der Waals surface area contributed by atoms with E-state index < -0.39 is 0 Å². The number of likely N-dealkylation sites (tertiary alicyclic amines) is 1. The zero-order valence-corrected chi connectivity index (χ0v) is 14.8. The maximum atomic E-state index is 13.0. The highest BCUT2D eigenvalue weighted by atomic mass is 16.5. The molecule has 6 heteroatoms. The quantitative estimate of drug-likeness (QED) is 0.925. The summed E-state index contributed by atoms with van der Waals surface area (Å²) in [6.45, 7) is 0.744. The Kier molecular flexibility index (Phi) is 4.25. The maximum Gasteiger partial charge on any atom is 0.230 e. The van der Waals surface area contributed by atoms with Crippen molar-refractivity contribution in [1.82, 2.24) is 14.9 Å². The molecule has 1 N–H and O–H groups in total. The van der Waals surface area contributed by atoms with Gasteiger partial charge in [0, 0.05) is 20.8 Å². The Balaban J connectivity index is 1.53. The maximum absolute atomic E-state index is 13.0. The molecule has 1 saturated heterocycles. The van der Waals surface area contributed by atoms with E-state index in [2.05, 4.69) is 9.97 Å². The van der Waals surface area contributed by atoms with Crippen LogP contribution in [0.2, 0.25) is 0 Å². The summed E-state index contributed by atoms with van der Waals surface area (Å²) in [6.07, 6.45) is 4.18. The van der Waals surface area contributed by atoms with Gasteiger partial charge in [-0.3, -0.25) is 4.79 Å². The number of amides is 1. The van der Waals surface area contributed by atoms with E-state index in [0.29, 0.717) is 6.42 Å². The van der Waals surface area contributed by atoms with Crippen LogP contribution in [0.1, 0.15) is 31.5 Å². The molecule has 2 heterocycles. The van der Waals surface area contributed by atoms with Gasteiger partial charge < -0.3 is 19.4 Å². The van der Waals surface area contributed by atoms with Crippen molar-refractivity contribution in [2.45, 2.75) is 49.9 Å². The average molecular weight is 343 g/mol. The molecule has 0 unspecified atom stereocenters. The van der Waals surface area contributed by atoms with Crippen LogP contribution in [-0.4, -0.2) is 59.3 Å². The molecule has 2 aromatic rings. The molecule has 1 aliphatic carbocycles. The summed E-state index contributed by atoms with van der Waals surface area (Å²) in [5.74, 6) is 0.833. The summed E-state index contributed by atoms with van der Waals surface area (Å²) in [5, 5.41) is 0. The molecular weight excluding hydrogens is 318 g/mol. The van der Waals surface area contributed by atoms with Crippen LogP contribution in [0.3, 0.4) is 0 Å². The van der Waals surface area contributed by atoms with Crippen molar-refractivity contribution in [2.24, 2.45) is 0 Å². The van der Waals surface area contributed by atoms with Gasteiger partial charge in [-0.2, -0.15) is 0 Å². The Hall–Kier alpha value is -1.92. The fraction of sp³-hybridized carbons (Fsp3) is 0.579. The number of rotatable bonds is 4. The van der Waals surface area contributed by atoms with Gasteiger partial charge in [0.1, 0.15) is 5.82 Å². The van der Waals surface area contributed by atoms with E-state index >= 15 is 0 Å². The molecule has 0 radical (unpaired) electrons. The van der Waals surface area contributed by atoms with Crippen LogP contribution in [0.25, 0.3) is 11.0 Å². The lowest BCUT2D eigenvalue weighted by Crippen LogP contribution is -2.53. The number of H-pyrrole nitrogens is 1. The summed E-state index contributed by atoms with van der Waals surface area (Å²) in [7, 11) is 3.52. The van der Waals surface area contributed by atoms with Gasteiger partial charge in [0.25, 0.3) is 0 Å². The molecule has 134 valence electrons. The molecule has 6 nitrogen and oxygen atoms in total. The van der Waals surface area contributed by atoms with E-state index in [-0.39, 0.29) is 23.7 Å². The number of imidazole rings is 1. The number of carbonyl (C=O) groups excluding carboxylic acids is 1. The standard InChI is InChI=1S/C19H25N3O3/c1-24-13-7-8-19(25-2)9-10-22(16(19)11-13)18(23)12-17-20-14-5-3-4-6-15(14)21-17/h3-6,13,16H,7-12H2,1-2H3,(H,20,21)/t13-,16+,19-/m1/s1. The minimum atomic E-state index is -0.210. The highest BCUT2D eigenvalue weighted by Crippen LogP contribution is 2.43. The predicted molar refractivity (Wildman–Crippen MR) is 94.3 cm³/mol. The Morgan fingerprint density at radius 2 is 2.20 bits per heavy atom. The van der Waals surface area contributed by atoms with Gasteiger partial charge in [-0.1, -0.05) is 12.1 Å². The lowest BCUT2D eigenvalue weighted by molar-refractivity contribution is -0.140. The third-order valence-electron chi connectivity index (χ3n) is 5.95. The third-order valence-corrected chi connectivity index (χ3v) is 5.95. The van der Waals surface area contributed by atoms with E-state index in [9.17, 15) is 4.79 Å². The van der Waals surface area contributed by atoms with E-state index in [1.54, 1.807) is 14.2 Å². The highest BCUT2D eigenvalue weighted by molar-refractivity contribution is 5.81. The van der Waals surface area contributed by atoms with Gasteiger partial charge in [-0.15, -0.1) is 0 Å². The number of carbonyl (C=O) groups is 1. The van der Waals surface area contributed by atoms with Gasteiger partial charge in [0.15, 0.2) is 0 Å². The Labute approximate surface area is 147 Å². The number of nitrogens with zero attached hydrogens (tertiary/aromatic N) is 2. The molecule has 1 aromatic carbocycles. The molecule has 1 saturated carbocycles. The van der Waals surface area contributed by atoms with E-state index in [1.165, 1.54) is 0 Å². The fourth-order valence-corrected chi connectivity index (χ4v) is 4.51. The molecule has 0 bridgehead atoms. The predicted octanol–water partition coefficient (Wildman–Crippen LogP) is 2.29. The van der Waals surface area contributed by atoms with E-state index in [4.69, 9.17) is 9.47 Å². The van der Waals surface area contributed by atoms with Crippen LogP contribution in [0.5, 0.6) is 0 Å². The molecule has 2 fully saturated rings. The zero-order valence-electron chi connectivity index (χ0n) is 14.8. The van der Waals surface area contributed by atoms with Crippen LogP contribution in [-0.2, 0) is 20.7 Å². The Bertz CT molecular complexity index is 741. The summed E-state index contributed by atoms with van der Waals surface area (Å²) >= 11 is 0. The van der Waals surface area contributed by atoms with Crippen molar-refractivity contribution in [2.75, 3.05) is 20.8 Å². The van der Waals surface area contributed by atoms with E-state index in [1.807, 2.05) is 29.2 Å². The lowest BCUT2D eigenvalue weighted by Gasteiger charge is -2.43. The van der Waals surface area contributed by atoms with Crippen molar-refractivity contribution in [3.63, 3.8) is 0 Å². The second-order valence-electron chi connectivity index (χ2n) is 7.13. The molecule has 2 aliphatic rings. The summed E-state index contributed by atoms with van der Waals surface area (Å²) in [5.41, 5.74) is 1.66. The van der Waals surface area contributed by atoms with Gasteiger partial charge in [-0.05, 0) is 37.8 Å². The van der Waals surface area contributed by atoms with Crippen molar-refractivity contribution >= 4 is 16.9 Å². The minimum absolute atomic E-state index is 0.0908. The van der Waals surface area contributed by atoms with Crippen LogP contribution in [0, 0.1) is 0 Å². The molecule has 3 atom stereocenters. The summed E-state index contributed by atoms with van der Waals surface area (Å²) in [4.78, 5) is 22.7. The molecule has 0 spiro atoms. The number of para-hydroxylation sites is 2. The number of ether oxygens (including phenoxy) is 2. The van der Waals surface area contributed by atoms with Gasteiger partial charge in [0.2, 0.25) is 5.91 Å². The number of methoxy groups -OCH3 is 2. The van der Waals surface area contributed by atoms with Crippen molar-refractivity contribution in [3.8, 4) is 0 Å². The van der Waals surface area contributed by atoms with Crippen LogP contribution >= 0.6 is 0 Å². The second kappa shape index (κ2) is 6.42. The molecule has 25 heavy (non-hydrogen) atoms. The highest BCUT2D eigenvalue weighted by Gasteiger charge is 2.52. The summed E-state index contributed by atoms with van der Waals surface area (Å²) < 4.78 is 11.5. The monoisotopic (exact) mass is 343 g/mol. The van der Waals surface area contributed by atoms with Gasteiger partial charge >= 0.3 is 0 Å². The van der Waals surface area contributed by atoms with Crippen LogP contribution in [0.4, 0.5) is 0 Å². The third kappa shape index (κ3) is 2.83. The number of aromatic amines is 1. The van der Waals surface area contributed by atoms with Crippen molar-refractivity contribution in [1.29, 1.82) is 0 Å². The first-order valence-corrected chi connectivity index (χ1v) is 8.96. The first kappa shape index (κ1) is 16.5. The lowest BCUT2D eigenvalue weighted by atomic mass is 9.79. The summed E-state index contributed by atoms with van der Waals surface area (Å²) in [6, 6.07) is 7.94. The van der Waals surface area contributed by atoms with Gasteiger partial charge in [0.05, 0.1) is 35.2 Å². The topological polar surface area (TPSA) is 67.5 Å². The first-order valence-electron chi connectivity index (χ1n) is 8.96. The van der Waals surface area contributed by atoms with Gasteiger partial charge in [-0.25, -0.2) is 4.98 Å². The SMILES string of the molecule is CO[C@@H]1CC[C@@]2(OC)CCN(C(=O)Cc3nc4ccccc4[nH]3)[C@H]2C1. The number of benzene rings is 1. The molecule has 1 aromatic heterocycles. The van der Waals surface area contributed by atoms with Crippen LogP contribution in [0.15, 0.2) is 24.3 Å². The number of hydrogen-bond acceptors (Lipinski definition) is 4. The second-order valence-corrected chi connectivity index (χ2v) is 7.13. The number of hydrogen-bond donors (Lipinski definition) is 1. The smallest absolute Gasteiger partial charge is 0.230 e. The Morgan fingerprint density at radius 1 is 1.36 bits per heavy atom. The number of fused-ring (bicyclic) bond motifs is 2. The van der Waals surface area contributed by atoms with E-state index in [0.717, 1.165) is 49.1 Å². The molecular formula is C19H25N3O3. The zero-order chi connectivity index (χ0) is 17.4. The molecule has 4 rings (SSSR count). The fourth-order valence-electron chi connectivity index (χ4n) is 4.51. The normalized spacial score (nSPS) is 29.1. The first-order chi connectivity index (χ1) is 12.1. The largest absolute Gasteiger partial charge is 0.381 e. The van der Waals surface area contributed by atoms with Crippen molar-refractivity contribution in [3.05, 3.63) is 30.1 Å². The average Bonchev–Trinajstić information content (AvgIpc) is 3.21. The minimum Gasteiger partial charge on any atom is -0.381 e.